The monoisotopic (exact) mass is 586 g/mol. The number of aliphatic hydroxyl groups is 1. The van der Waals surface area contributed by atoms with Gasteiger partial charge in [0.05, 0.1) is 31.8 Å². The van der Waals surface area contributed by atoms with Crippen LogP contribution in [0.25, 0.3) is 0 Å². The molecule has 0 rings (SSSR count). The van der Waals surface area contributed by atoms with Crippen LogP contribution in [0.4, 0.5) is 9.59 Å². The summed E-state index contributed by atoms with van der Waals surface area (Å²) in [5, 5.41) is 21.5. The van der Waals surface area contributed by atoms with Crippen molar-refractivity contribution in [2.45, 2.75) is 104 Å². The van der Waals surface area contributed by atoms with E-state index < -0.39 is 37.9 Å². The summed E-state index contributed by atoms with van der Waals surface area (Å²) >= 11 is 0. The van der Waals surface area contributed by atoms with E-state index >= 15 is 0 Å². The van der Waals surface area contributed by atoms with E-state index in [9.17, 15) is 19.5 Å². The molecule has 0 aliphatic rings. The lowest BCUT2D eigenvalue weighted by Crippen LogP contribution is -2.46. The normalized spacial score (nSPS) is 13.8. The van der Waals surface area contributed by atoms with E-state index in [1.165, 1.54) is 12.3 Å². The Morgan fingerprint density at radius 2 is 1.70 bits per heavy atom. The standard InChI is InChI=1S/C27H47N4O8P/c1-8-9-10-19-40(36-18-12-15-28)37-20-22(33)13-11-16-30-23(14-17-29-21-32)31(24(34)38-26(2,3)4)25(35)39-27(5,6)7/h14,17,21-22,33H,8-13,16,18-20H2,1-7H3,(H,29,32)/b17-14-,30-23?. The molecule has 0 aromatic heterocycles. The highest BCUT2D eigenvalue weighted by Crippen LogP contribution is 2.39. The zero-order valence-electron chi connectivity index (χ0n) is 25.0. The average molecular weight is 587 g/mol. The van der Waals surface area contributed by atoms with Gasteiger partial charge in [-0.3, -0.25) is 9.79 Å². The summed E-state index contributed by atoms with van der Waals surface area (Å²) in [4.78, 5) is 41.7. The van der Waals surface area contributed by atoms with E-state index in [1.54, 1.807) is 41.5 Å². The molecular weight excluding hydrogens is 539 g/mol. The Kier molecular flexibility index (Phi) is 19.0. The van der Waals surface area contributed by atoms with E-state index in [1.807, 2.05) is 6.07 Å². The van der Waals surface area contributed by atoms with Crippen LogP contribution in [0, 0.1) is 11.3 Å². The summed E-state index contributed by atoms with van der Waals surface area (Å²) in [6.07, 6.45) is 4.99. The van der Waals surface area contributed by atoms with Gasteiger partial charge >= 0.3 is 12.2 Å². The van der Waals surface area contributed by atoms with Crippen molar-refractivity contribution >= 4 is 32.8 Å². The number of amides is 3. The molecule has 0 bridgehead atoms. The first-order valence-corrected chi connectivity index (χ1v) is 14.9. The van der Waals surface area contributed by atoms with E-state index in [2.05, 4.69) is 17.2 Å². The molecule has 2 unspecified atom stereocenters. The zero-order valence-corrected chi connectivity index (χ0v) is 25.9. The van der Waals surface area contributed by atoms with Crippen molar-refractivity contribution < 1.29 is 38.0 Å². The van der Waals surface area contributed by atoms with Crippen LogP contribution in [0.2, 0.25) is 0 Å². The first-order valence-electron chi connectivity index (χ1n) is 13.5. The summed E-state index contributed by atoms with van der Waals surface area (Å²) < 4.78 is 22.3. The van der Waals surface area contributed by atoms with Crippen LogP contribution in [0.15, 0.2) is 17.3 Å². The number of nitrogens with zero attached hydrogens (tertiary/aromatic N) is 3. The van der Waals surface area contributed by atoms with Crippen molar-refractivity contribution in [3.05, 3.63) is 12.3 Å². The van der Waals surface area contributed by atoms with Crippen molar-refractivity contribution in [1.82, 2.24) is 10.2 Å². The van der Waals surface area contributed by atoms with Gasteiger partial charge in [-0.1, -0.05) is 19.8 Å². The highest BCUT2D eigenvalue weighted by Gasteiger charge is 2.34. The number of ether oxygens (including phenoxy) is 2. The molecule has 13 heteroatoms. The average Bonchev–Trinajstić information content (AvgIpc) is 2.82. The number of imide groups is 1. The second-order valence-electron chi connectivity index (χ2n) is 10.8. The third-order valence-electron chi connectivity index (χ3n) is 4.55. The fourth-order valence-electron chi connectivity index (χ4n) is 2.86. The molecule has 12 nitrogen and oxygen atoms in total. The molecule has 228 valence electrons. The predicted molar refractivity (Wildman–Crippen MR) is 154 cm³/mol. The van der Waals surface area contributed by atoms with Gasteiger partial charge in [-0.25, -0.2) is 9.59 Å². The van der Waals surface area contributed by atoms with Crippen LogP contribution in [-0.4, -0.2) is 77.7 Å². The number of nitrogens with one attached hydrogen (secondary N) is 1. The number of carbonyl (C=O) groups excluding carboxylic acids is 3. The molecule has 2 atom stereocenters. The van der Waals surface area contributed by atoms with Crippen LogP contribution < -0.4 is 5.32 Å². The number of hydrogen-bond acceptors (Lipinski definition) is 10. The molecule has 0 aromatic rings. The zero-order chi connectivity index (χ0) is 30.6. The first-order chi connectivity index (χ1) is 18.7. The van der Waals surface area contributed by atoms with Gasteiger partial charge in [0.2, 0.25) is 6.41 Å². The maximum atomic E-state index is 13.0. The Balaban J connectivity index is 5.43. The molecule has 0 saturated heterocycles. The van der Waals surface area contributed by atoms with Crippen molar-refractivity contribution in [3.63, 3.8) is 0 Å². The molecular formula is C27H47N4O8P. The molecule has 3 amide bonds. The van der Waals surface area contributed by atoms with E-state index in [0.29, 0.717) is 30.8 Å². The minimum absolute atomic E-state index is 0.0754. The third-order valence-corrected chi connectivity index (χ3v) is 6.14. The number of hydrogen-bond donors (Lipinski definition) is 2. The SMILES string of the molecule is CCCCCP(OCCC#N)OCC(O)CCCN=C(/C=C\NC=O)N(C(=O)OC(C)(C)C)C(=O)OC(C)(C)C. The van der Waals surface area contributed by atoms with Gasteiger partial charge in [-0.15, -0.1) is 0 Å². The topological polar surface area (TPSA) is 160 Å². The Labute approximate surface area is 240 Å². The molecule has 0 heterocycles. The molecule has 0 spiro atoms. The number of amidine groups is 1. The molecule has 0 radical (unpaired) electrons. The summed E-state index contributed by atoms with van der Waals surface area (Å²) in [7, 11) is -1.19. The van der Waals surface area contributed by atoms with Gasteiger partial charge in [-0.2, -0.15) is 10.2 Å². The van der Waals surface area contributed by atoms with Gasteiger partial charge in [0.25, 0.3) is 0 Å². The van der Waals surface area contributed by atoms with E-state index in [-0.39, 0.29) is 25.4 Å². The number of nitriles is 1. The summed E-state index contributed by atoms with van der Waals surface area (Å²) in [5.41, 5.74) is -1.79. The van der Waals surface area contributed by atoms with Crippen molar-refractivity contribution in [2.24, 2.45) is 4.99 Å². The maximum Gasteiger partial charge on any atom is 0.425 e. The van der Waals surface area contributed by atoms with Crippen LogP contribution in [0.5, 0.6) is 0 Å². The number of aliphatic imine (C=N–C) groups is 1. The summed E-state index contributed by atoms with van der Waals surface area (Å²) in [5.74, 6) is -0.103. The molecule has 0 fully saturated rings. The number of carbonyl (C=O) groups is 3. The number of rotatable bonds is 17. The van der Waals surface area contributed by atoms with Gasteiger partial charge in [0, 0.05) is 18.9 Å². The lowest BCUT2D eigenvalue weighted by molar-refractivity contribution is -0.108. The van der Waals surface area contributed by atoms with Crippen molar-refractivity contribution in [3.8, 4) is 6.07 Å². The quantitative estimate of drug-likeness (QED) is 0.0747. The first kappa shape index (κ1) is 37.4. The smallest absolute Gasteiger partial charge is 0.425 e. The molecule has 0 aromatic carbocycles. The van der Waals surface area contributed by atoms with Crippen LogP contribution >= 0.6 is 8.38 Å². The van der Waals surface area contributed by atoms with Gasteiger partial charge in [0.1, 0.15) is 17.0 Å². The van der Waals surface area contributed by atoms with Crippen molar-refractivity contribution in [1.29, 1.82) is 5.26 Å². The fourth-order valence-corrected chi connectivity index (χ4v) is 4.31. The largest absolute Gasteiger partial charge is 0.443 e. The third kappa shape index (κ3) is 19.5. The Hall–Kier alpha value is -2.58. The fraction of sp³-hybridized carbons (Fsp3) is 0.741. The van der Waals surface area contributed by atoms with E-state index in [0.717, 1.165) is 25.4 Å². The van der Waals surface area contributed by atoms with E-state index in [4.69, 9.17) is 23.8 Å². The number of unbranched alkanes of at least 4 members (excludes halogenated alkanes) is 2. The van der Waals surface area contributed by atoms with Crippen LogP contribution in [0.3, 0.4) is 0 Å². The van der Waals surface area contributed by atoms with Gasteiger partial charge in [0.15, 0.2) is 8.38 Å². The molecule has 0 aliphatic carbocycles. The summed E-state index contributed by atoms with van der Waals surface area (Å²) in [6, 6.07) is 2.04. The van der Waals surface area contributed by atoms with Gasteiger partial charge in [-0.05, 0) is 66.9 Å². The molecule has 40 heavy (non-hydrogen) atoms. The second kappa shape index (κ2) is 20.3. The van der Waals surface area contributed by atoms with Crippen LogP contribution in [-0.2, 0) is 23.3 Å². The molecule has 0 aliphatic heterocycles. The highest BCUT2D eigenvalue weighted by atomic mass is 31.2. The second-order valence-corrected chi connectivity index (χ2v) is 12.4. The molecule has 0 saturated carbocycles. The highest BCUT2D eigenvalue weighted by molar-refractivity contribution is 7.47. The lowest BCUT2D eigenvalue weighted by atomic mass is 10.2. The minimum atomic E-state index is -1.19. The Morgan fingerprint density at radius 3 is 2.23 bits per heavy atom. The van der Waals surface area contributed by atoms with Gasteiger partial charge < -0.3 is 28.9 Å². The minimum Gasteiger partial charge on any atom is -0.443 e. The van der Waals surface area contributed by atoms with Crippen LogP contribution in [0.1, 0.15) is 87.0 Å². The maximum absolute atomic E-state index is 13.0. The predicted octanol–water partition coefficient (Wildman–Crippen LogP) is 5.41. The van der Waals surface area contributed by atoms with Crippen molar-refractivity contribution in [2.75, 3.05) is 25.9 Å². The Morgan fingerprint density at radius 1 is 1.07 bits per heavy atom. The number of aliphatic hydroxyl groups excluding tert-OH is 1. The Bertz CT molecular complexity index is 834. The lowest BCUT2D eigenvalue weighted by Gasteiger charge is -2.28. The summed E-state index contributed by atoms with van der Waals surface area (Å²) in [6.45, 7) is 12.6. The molecule has 2 N–H and O–H groups in total.